The number of benzene rings is 2. The van der Waals surface area contributed by atoms with Crippen molar-refractivity contribution < 1.29 is 10.2 Å². The van der Waals surface area contributed by atoms with E-state index in [0.29, 0.717) is 6.54 Å². The molecule has 3 nitrogen and oxygen atoms in total. The molecule has 1 heterocycles. The van der Waals surface area contributed by atoms with Crippen LogP contribution in [0.5, 0.6) is 0 Å². The molecule has 2 N–H and O–H groups in total. The van der Waals surface area contributed by atoms with Crippen LogP contribution in [0.25, 0.3) is 21.8 Å². The summed E-state index contributed by atoms with van der Waals surface area (Å²) in [6.45, 7) is 0.186. The summed E-state index contributed by atoms with van der Waals surface area (Å²) in [5, 5.41) is 21.1. The molecule has 0 spiro atoms. The molecule has 3 heteroatoms. The van der Waals surface area contributed by atoms with E-state index < -0.39 is 6.10 Å². The number of hydrogen-bond acceptors (Lipinski definition) is 2. The Balaban J connectivity index is 2.31. The van der Waals surface area contributed by atoms with E-state index in [1.807, 2.05) is 36.4 Å². The van der Waals surface area contributed by atoms with E-state index in [1.165, 1.54) is 10.8 Å². The first kappa shape index (κ1) is 11.3. The van der Waals surface area contributed by atoms with Gasteiger partial charge in [0.2, 0.25) is 0 Å². The van der Waals surface area contributed by atoms with Gasteiger partial charge < -0.3 is 14.8 Å². The summed E-state index contributed by atoms with van der Waals surface area (Å²) in [5.41, 5.74) is 2.18. The number of para-hydroxylation sites is 2. The fourth-order valence-electron chi connectivity index (χ4n) is 2.47. The molecule has 3 aromatic rings. The number of aliphatic hydroxyl groups is 2. The van der Waals surface area contributed by atoms with Gasteiger partial charge in [-0.1, -0.05) is 36.4 Å². The van der Waals surface area contributed by atoms with Gasteiger partial charge in [-0.2, -0.15) is 0 Å². The molecule has 2 aromatic carbocycles. The van der Waals surface area contributed by atoms with Crippen molar-refractivity contribution in [2.75, 3.05) is 6.61 Å². The van der Waals surface area contributed by atoms with Gasteiger partial charge in [-0.25, -0.2) is 0 Å². The molecular formula is C15H15NO2. The average molecular weight is 241 g/mol. The number of aliphatic hydroxyl groups excluding tert-OH is 2. The fraction of sp³-hybridized carbons (Fsp3) is 0.200. The summed E-state index contributed by atoms with van der Waals surface area (Å²) in [6, 6.07) is 16.3. The maximum atomic E-state index is 9.68. The molecule has 0 aliphatic carbocycles. The lowest BCUT2D eigenvalue weighted by molar-refractivity contribution is 0.0831. The Morgan fingerprint density at radius 2 is 1.39 bits per heavy atom. The van der Waals surface area contributed by atoms with Crippen LogP contribution in [0.2, 0.25) is 0 Å². The highest BCUT2D eigenvalue weighted by Crippen LogP contribution is 2.28. The first-order valence-electron chi connectivity index (χ1n) is 6.06. The van der Waals surface area contributed by atoms with Crippen molar-refractivity contribution in [2.24, 2.45) is 0 Å². The van der Waals surface area contributed by atoms with Gasteiger partial charge in [-0.05, 0) is 12.1 Å². The minimum Gasteiger partial charge on any atom is -0.394 e. The van der Waals surface area contributed by atoms with E-state index in [4.69, 9.17) is 5.11 Å². The van der Waals surface area contributed by atoms with Crippen molar-refractivity contribution in [1.29, 1.82) is 0 Å². The monoisotopic (exact) mass is 241 g/mol. The molecule has 0 radical (unpaired) electrons. The van der Waals surface area contributed by atoms with Crippen molar-refractivity contribution in [3.8, 4) is 0 Å². The molecule has 0 aliphatic heterocycles. The molecule has 18 heavy (non-hydrogen) atoms. The summed E-state index contributed by atoms with van der Waals surface area (Å²) in [4.78, 5) is 0. The minimum absolute atomic E-state index is 0.221. The van der Waals surface area contributed by atoms with Crippen molar-refractivity contribution in [3.05, 3.63) is 48.5 Å². The van der Waals surface area contributed by atoms with Crippen LogP contribution in [0.1, 0.15) is 0 Å². The Labute approximate surface area is 105 Å². The first-order chi connectivity index (χ1) is 8.81. The van der Waals surface area contributed by atoms with Crippen LogP contribution in [0, 0.1) is 0 Å². The van der Waals surface area contributed by atoms with E-state index in [-0.39, 0.29) is 6.61 Å². The van der Waals surface area contributed by atoms with Crippen LogP contribution in [-0.4, -0.2) is 27.5 Å². The van der Waals surface area contributed by atoms with Gasteiger partial charge in [0.05, 0.1) is 19.3 Å². The highest BCUT2D eigenvalue weighted by atomic mass is 16.3. The smallest absolute Gasteiger partial charge is 0.0949 e. The SMILES string of the molecule is OC[C@H](O)Cn1c2ccccc2c2ccccc21. The Bertz CT molecular complexity index is 634. The van der Waals surface area contributed by atoms with E-state index in [9.17, 15) is 5.11 Å². The van der Waals surface area contributed by atoms with Crippen LogP contribution in [-0.2, 0) is 6.54 Å². The third kappa shape index (κ3) is 1.68. The number of aromatic nitrogens is 1. The van der Waals surface area contributed by atoms with Crippen molar-refractivity contribution in [1.82, 2.24) is 4.57 Å². The zero-order valence-corrected chi connectivity index (χ0v) is 9.95. The van der Waals surface area contributed by atoms with Gasteiger partial charge in [-0.3, -0.25) is 0 Å². The summed E-state index contributed by atoms with van der Waals surface area (Å²) in [7, 11) is 0. The zero-order valence-electron chi connectivity index (χ0n) is 9.95. The maximum Gasteiger partial charge on any atom is 0.0949 e. The summed E-state index contributed by atoms with van der Waals surface area (Å²) in [5.74, 6) is 0. The van der Waals surface area contributed by atoms with Crippen molar-refractivity contribution in [2.45, 2.75) is 12.6 Å². The summed E-state index contributed by atoms with van der Waals surface area (Å²) < 4.78 is 2.06. The zero-order chi connectivity index (χ0) is 12.5. The molecule has 1 aromatic heterocycles. The third-order valence-corrected chi connectivity index (χ3v) is 3.28. The lowest BCUT2D eigenvalue weighted by Gasteiger charge is -2.11. The van der Waals surface area contributed by atoms with E-state index in [2.05, 4.69) is 16.7 Å². The Morgan fingerprint density at radius 3 is 1.89 bits per heavy atom. The number of fused-ring (bicyclic) bond motifs is 3. The number of nitrogens with zero attached hydrogens (tertiary/aromatic N) is 1. The average Bonchev–Trinajstić information content (AvgIpc) is 2.74. The fourth-order valence-corrected chi connectivity index (χ4v) is 2.47. The quantitative estimate of drug-likeness (QED) is 0.738. The topological polar surface area (TPSA) is 45.4 Å². The lowest BCUT2D eigenvalue weighted by Crippen LogP contribution is -2.19. The minimum atomic E-state index is -0.732. The third-order valence-electron chi connectivity index (χ3n) is 3.28. The molecule has 0 fully saturated rings. The highest BCUT2D eigenvalue weighted by Gasteiger charge is 2.12. The van der Waals surface area contributed by atoms with Crippen molar-refractivity contribution >= 4 is 21.8 Å². The summed E-state index contributed by atoms with van der Waals surface area (Å²) in [6.07, 6.45) is -0.732. The standard InChI is InChI=1S/C15H15NO2/c17-10-11(18)9-16-14-7-3-1-5-12(14)13-6-2-4-8-15(13)16/h1-8,11,17-18H,9-10H2/t11-/m1/s1. The van der Waals surface area contributed by atoms with Crippen LogP contribution in [0.3, 0.4) is 0 Å². The van der Waals surface area contributed by atoms with E-state index in [1.54, 1.807) is 0 Å². The van der Waals surface area contributed by atoms with Gasteiger partial charge in [0, 0.05) is 21.8 Å². The highest BCUT2D eigenvalue weighted by molar-refractivity contribution is 6.07. The molecule has 0 saturated carbocycles. The molecule has 0 amide bonds. The molecular weight excluding hydrogens is 226 g/mol. The second kappa shape index (κ2) is 4.44. The van der Waals surface area contributed by atoms with Crippen LogP contribution in [0.15, 0.2) is 48.5 Å². The Morgan fingerprint density at radius 1 is 0.889 bits per heavy atom. The molecule has 0 saturated heterocycles. The molecule has 3 rings (SSSR count). The maximum absolute atomic E-state index is 9.68. The molecule has 0 bridgehead atoms. The van der Waals surface area contributed by atoms with Gasteiger partial charge in [0.15, 0.2) is 0 Å². The molecule has 92 valence electrons. The second-order valence-corrected chi connectivity index (χ2v) is 4.48. The predicted molar refractivity (Wildman–Crippen MR) is 72.5 cm³/mol. The van der Waals surface area contributed by atoms with E-state index >= 15 is 0 Å². The molecule has 0 aliphatic rings. The van der Waals surface area contributed by atoms with Crippen molar-refractivity contribution in [3.63, 3.8) is 0 Å². The van der Waals surface area contributed by atoms with Crippen LogP contribution < -0.4 is 0 Å². The van der Waals surface area contributed by atoms with Gasteiger partial charge in [-0.15, -0.1) is 0 Å². The van der Waals surface area contributed by atoms with E-state index in [0.717, 1.165) is 11.0 Å². The van der Waals surface area contributed by atoms with Crippen LogP contribution in [0.4, 0.5) is 0 Å². The Kier molecular flexibility index (Phi) is 2.78. The van der Waals surface area contributed by atoms with Gasteiger partial charge in [0.25, 0.3) is 0 Å². The van der Waals surface area contributed by atoms with Gasteiger partial charge >= 0.3 is 0 Å². The summed E-state index contributed by atoms with van der Waals surface area (Å²) >= 11 is 0. The number of rotatable bonds is 3. The lowest BCUT2D eigenvalue weighted by atomic mass is 10.2. The molecule has 1 atom stereocenters. The second-order valence-electron chi connectivity index (χ2n) is 4.48. The normalized spacial score (nSPS) is 13.2. The van der Waals surface area contributed by atoms with Gasteiger partial charge in [0.1, 0.15) is 0 Å². The first-order valence-corrected chi connectivity index (χ1v) is 6.06. The molecule has 0 unspecified atom stereocenters. The Hall–Kier alpha value is -1.84. The predicted octanol–water partition coefficient (Wildman–Crippen LogP) is 2.15. The largest absolute Gasteiger partial charge is 0.394 e. The number of hydrogen-bond donors (Lipinski definition) is 2. The van der Waals surface area contributed by atoms with Crippen LogP contribution >= 0.6 is 0 Å².